The van der Waals surface area contributed by atoms with Gasteiger partial charge in [0.1, 0.15) is 5.82 Å². The van der Waals surface area contributed by atoms with E-state index < -0.39 is 11.7 Å². The molecule has 102 valence electrons. The molecule has 3 N–H and O–H groups in total. The van der Waals surface area contributed by atoms with Gasteiger partial charge in [-0.15, -0.1) is 0 Å². The van der Waals surface area contributed by atoms with Crippen LogP contribution in [0.1, 0.15) is 22.8 Å². The largest absolute Gasteiger partial charge is 0.380 e. The molecule has 0 spiro atoms. The standard InChI is InChI=1S/C14H17FN2O2/c1-10(19-2)9-17-14(18)12-8-11(4-3-7-16)5-6-13(12)15/h5-6,8,10H,7,9,16H2,1-2H3,(H,17,18). The number of rotatable bonds is 4. The molecule has 0 fully saturated rings. The highest BCUT2D eigenvalue weighted by molar-refractivity contribution is 5.94. The molecular formula is C14H17FN2O2. The van der Waals surface area contributed by atoms with Crippen molar-refractivity contribution >= 4 is 5.91 Å². The van der Waals surface area contributed by atoms with Gasteiger partial charge >= 0.3 is 0 Å². The maximum absolute atomic E-state index is 13.6. The third-order valence-electron chi connectivity index (χ3n) is 2.50. The fourth-order valence-electron chi connectivity index (χ4n) is 1.35. The van der Waals surface area contributed by atoms with E-state index in [4.69, 9.17) is 10.5 Å². The minimum atomic E-state index is -0.583. The summed E-state index contributed by atoms with van der Waals surface area (Å²) in [5.74, 6) is 4.34. The maximum Gasteiger partial charge on any atom is 0.254 e. The molecule has 0 radical (unpaired) electrons. The van der Waals surface area contributed by atoms with Crippen LogP contribution in [-0.4, -0.2) is 32.2 Å². The van der Waals surface area contributed by atoms with E-state index in [0.717, 1.165) is 0 Å². The molecule has 5 heteroatoms. The lowest BCUT2D eigenvalue weighted by molar-refractivity contribution is 0.0867. The fourth-order valence-corrected chi connectivity index (χ4v) is 1.35. The number of carbonyl (C=O) groups excluding carboxylic acids is 1. The van der Waals surface area contributed by atoms with Crippen molar-refractivity contribution in [3.05, 3.63) is 35.1 Å². The Labute approximate surface area is 112 Å². The van der Waals surface area contributed by atoms with Crippen molar-refractivity contribution in [2.45, 2.75) is 13.0 Å². The topological polar surface area (TPSA) is 64.3 Å². The van der Waals surface area contributed by atoms with E-state index in [0.29, 0.717) is 12.1 Å². The first kappa shape index (κ1) is 15.2. The summed E-state index contributed by atoms with van der Waals surface area (Å²) in [4.78, 5) is 11.8. The monoisotopic (exact) mass is 264 g/mol. The first-order valence-corrected chi connectivity index (χ1v) is 5.88. The smallest absolute Gasteiger partial charge is 0.254 e. The molecule has 0 aliphatic heterocycles. The molecule has 1 aromatic rings. The van der Waals surface area contributed by atoms with Gasteiger partial charge in [0.25, 0.3) is 5.91 Å². The number of hydrogen-bond donors (Lipinski definition) is 2. The Balaban J connectivity index is 2.83. The highest BCUT2D eigenvalue weighted by atomic mass is 19.1. The van der Waals surface area contributed by atoms with E-state index in [-0.39, 0.29) is 18.2 Å². The Kier molecular flexibility index (Phi) is 6.00. The van der Waals surface area contributed by atoms with Gasteiger partial charge in [-0.25, -0.2) is 4.39 Å². The van der Waals surface area contributed by atoms with Crippen molar-refractivity contribution in [1.82, 2.24) is 5.32 Å². The quantitative estimate of drug-likeness (QED) is 0.794. The Morgan fingerprint density at radius 2 is 2.32 bits per heavy atom. The third-order valence-corrected chi connectivity index (χ3v) is 2.50. The second kappa shape index (κ2) is 7.52. The van der Waals surface area contributed by atoms with E-state index in [1.54, 1.807) is 14.0 Å². The van der Waals surface area contributed by atoms with Crippen molar-refractivity contribution < 1.29 is 13.9 Å². The number of amides is 1. The summed E-state index contributed by atoms with van der Waals surface area (Å²) in [6.07, 6.45) is -0.132. The van der Waals surface area contributed by atoms with Crippen LogP contribution in [0.3, 0.4) is 0 Å². The molecule has 1 atom stereocenters. The van der Waals surface area contributed by atoms with E-state index in [2.05, 4.69) is 17.2 Å². The number of hydrogen-bond acceptors (Lipinski definition) is 3. The zero-order chi connectivity index (χ0) is 14.3. The molecule has 1 aromatic carbocycles. The predicted molar refractivity (Wildman–Crippen MR) is 71.1 cm³/mol. The minimum absolute atomic E-state index is 0.0351. The van der Waals surface area contributed by atoms with Gasteiger partial charge in [0.15, 0.2) is 0 Å². The van der Waals surface area contributed by atoms with E-state index in [1.807, 2.05) is 0 Å². The maximum atomic E-state index is 13.6. The fraction of sp³-hybridized carbons (Fsp3) is 0.357. The van der Waals surface area contributed by atoms with Gasteiger partial charge in [0.05, 0.1) is 18.2 Å². The molecule has 19 heavy (non-hydrogen) atoms. The number of halogens is 1. The number of ether oxygens (including phenoxy) is 1. The molecule has 1 amide bonds. The third kappa shape index (κ3) is 4.70. The van der Waals surface area contributed by atoms with Gasteiger partial charge in [0, 0.05) is 19.2 Å². The summed E-state index contributed by atoms with van der Waals surface area (Å²) in [7, 11) is 1.54. The Bertz CT molecular complexity index is 506. The van der Waals surface area contributed by atoms with Crippen molar-refractivity contribution in [2.75, 3.05) is 20.2 Å². The summed E-state index contributed by atoms with van der Waals surface area (Å²) in [6.45, 7) is 2.33. The molecule has 0 aliphatic rings. The second-order valence-electron chi connectivity index (χ2n) is 3.96. The molecule has 0 saturated carbocycles. The average molecular weight is 264 g/mol. The van der Waals surface area contributed by atoms with Crippen LogP contribution < -0.4 is 11.1 Å². The summed E-state index contributed by atoms with van der Waals surface area (Å²) in [5.41, 5.74) is 5.78. The summed E-state index contributed by atoms with van der Waals surface area (Å²) >= 11 is 0. The average Bonchev–Trinajstić information content (AvgIpc) is 2.43. The van der Waals surface area contributed by atoms with E-state index in [9.17, 15) is 9.18 Å². The van der Waals surface area contributed by atoms with Crippen molar-refractivity contribution in [3.63, 3.8) is 0 Å². The highest BCUT2D eigenvalue weighted by Crippen LogP contribution is 2.10. The van der Waals surface area contributed by atoms with E-state index >= 15 is 0 Å². The van der Waals surface area contributed by atoms with Crippen molar-refractivity contribution in [3.8, 4) is 11.8 Å². The van der Waals surface area contributed by atoms with Crippen LogP contribution in [0.2, 0.25) is 0 Å². The number of nitrogens with one attached hydrogen (secondary N) is 1. The predicted octanol–water partition coefficient (Wildman–Crippen LogP) is 0.901. The number of methoxy groups -OCH3 is 1. The normalized spacial score (nSPS) is 11.4. The summed E-state index contributed by atoms with van der Waals surface area (Å²) in [5, 5.41) is 2.60. The number of carbonyl (C=O) groups is 1. The SMILES string of the molecule is COC(C)CNC(=O)c1cc(C#CCN)ccc1F. The second-order valence-corrected chi connectivity index (χ2v) is 3.96. The lowest BCUT2D eigenvalue weighted by Gasteiger charge is -2.11. The highest BCUT2D eigenvalue weighted by Gasteiger charge is 2.12. The first-order valence-electron chi connectivity index (χ1n) is 5.88. The van der Waals surface area contributed by atoms with Crippen molar-refractivity contribution in [2.24, 2.45) is 5.73 Å². The van der Waals surface area contributed by atoms with Crippen LogP contribution in [-0.2, 0) is 4.74 Å². The van der Waals surface area contributed by atoms with E-state index in [1.165, 1.54) is 18.2 Å². The molecule has 0 bridgehead atoms. The van der Waals surface area contributed by atoms with Crippen LogP contribution in [0, 0.1) is 17.7 Å². The lowest BCUT2D eigenvalue weighted by atomic mass is 10.1. The van der Waals surface area contributed by atoms with Gasteiger partial charge in [-0.2, -0.15) is 0 Å². The molecule has 0 heterocycles. The van der Waals surface area contributed by atoms with Crippen LogP contribution in [0.15, 0.2) is 18.2 Å². The van der Waals surface area contributed by atoms with Crippen LogP contribution in [0.5, 0.6) is 0 Å². The van der Waals surface area contributed by atoms with Gasteiger partial charge in [0.2, 0.25) is 0 Å². The van der Waals surface area contributed by atoms with Crippen LogP contribution in [0.4, 0.5) is 4.39 Å². The molecular weight excluding hydrogens is 247 g/mol. The zero-order valence-electron chi connectivity index (χ0n) is 11.0. The number of nitrogens with two attached hydrogens (primary N) is 1. The van der Waals surface area contributed by atoms with Gasteiger partial charge < -0.3 is 15.8 Å². The molecule has 1 rings (SSSR count). The van der Waals surface area contributed by atoms with Gasteiger partial charge in [-0.3, -0.25) is 4.79 Å². The van der Waals surface area contributed by atoms with Gasteiger partial charge in [-0.1, -0.05) is 11.8 Å². The molecule has 4 nitrogen and oxygen atoms in total. The molecule has 0 aliphatic carbocycles. The Hall–Kier alpha value is -1.90. The number of benzene rings is 1. The van der Waals surface area contributed by atoms with Crippen LogP contribution in [0.25, 0.3) is 0 Å². The Morgan fingerprint density at radius 3 is 2.95 bits per heavy atom. The van der Waals surface area contributed by atoms with Crippen molar-refractivity contribution in [1.29, 1.82) is 0 Å². The molecule has 0 saturated heterocycles. The lowest BCUT2D eigenvalue weighted by Crippen LogP contribution is -2.32. The molecule has 0 aromatic heterocycles. The Morgan fingerprint density at radius 1 is 1.58 bits per heavy atom. The summed E-state index contributed by atoms with van der Waals surface area (Å²) < 4.78 is 18.6. The summed E-state index contributed by atoms with van der Waals surface area (Å²) in [6, 6.07) is 4.13. The molecule has 1 unspecified atom stereocenters. The minimum Gasteiger partial charge on any atom is -0.380 e. The first-order chi connectivity index (χ1) is 9.08. The zero-order valence-corrected chi connectivity index (χ0v) is 11.0. The van der Waals surface area contributed by atoms with Gasteiger partial charge in [-0.05, 0) is 25.1 Å². The van der Waals surface area contributed by atoms with Crippen LogP contribution >= 0.6 is 0 Å².